The second-order valence-electron chi connectivity index (χ2n) is 6.83. The van der Waals surface area contributed by atoms with E-state index in [1.807, 2.05) is 55.5 Å². The highest BCUT2D eigenvalue weighted by atomic mass is 32.2. The molecule has 0 aliphatic carbocycles. The molecular formula is C22H24N2O3S2. The number of ether oxygens (including phenoxy) is 2. The first-order valence-electron chi connectivity index (χ1n) is 9.87. The van der Waals surface area contributed by atoms with Crippen LogP contribution in [0.4, 0.5) is 0 Å². The second-order valence-corrected chi connectivity index (χ2v) is 9.21. The molecular weight excluding hydrogens is 404 g/mol. The van der Waals surface area contributed by atoms with Crippen molar-refractivity contribution in [3.63, 3.8) is 0 Å². The van der Waals surface area contributed by atoms with Gasteiger partial charge in [-0.1, -0.05) is 42.1 Å². The molecule has 0 radical (unpaired) electrons. The molecule has 1 aromatic heterocycles. The maximum absolute atomic E-state index is 13.0. The fourth-order valence-corrected chi connectivity index (χ4v) is 5.62. The summed E-state index contributed by atoms with van der Waals surface area (Å²) in [5, 5.41) is 2.72. The Bertz CT molecular complexity index is 955. The smallest absolute Gasteiger partial charge is 0.238 e. The van der Waals surface area contributed by atoms with Gasteiger partial charge in [0.05, 0.1) is 22.9 Å². The van der Waals surface area contributed by atoms with Gasteiger partial charge in [0, 0.05) is 13.2 Å². The van der Waals surface area contributed by atoms with Crippen molar-refractivity contribution in [3.05, 3.63) is 54.1 Å². The number of hydrogen-bond donors (Lipinski definition) is 1. The minimum atomic E-state index is -0.357. The normalized spacial score (nSPS) is 17.3. The Kier molecular flexibility index (Phi) is 6.69. The number of thioether (sulfide) groups is 1. The number of carbonyl (C=O) groups excluding carboxylic acids is 1. The number of nitrogens with one attached hydrogen (secondary N) is 1. The number of thiazole rings is 1. The molecule has 29 heavy (non-hydrogen) atoms. The van der Waals surface area contributed by atoms with E-state index in [9.17, 15) is 4.79 Å². The van der Waals surface area contributed by atoms with Crippen molar-refractivity contribution in [1.29, 1.82) is 0 Å². The summed E-state index contributed by atoms with van der Waals surface area (Å²) in [6.07, 6.45) is 2.19. The fourth-order valence-electron chi connectivity index (χ4n) is 3.30. The maximum Gasteiger partial charge on any atom is 0.238 e. The van der Waals surface area contributed by atoms with Crippen LogP contribution in [0.1, 0.15) is 30.6 Å². The highest BCUT2D eigenvalue weighted by Crippen LogP contribution is 2.40. The van der Waals surface area contributed by atoms with Crippen LogP contribution in [0, 0.1) is 0 Å². The van der Waals surface area contributed by atoms with Gasteiger partial charge in [-0.05, 0) is 43.5 Å². The summed E-state index contributed by atoms with van der Waals surface area (Å²) in [5.41, 5.74) is 1.89. The van der Waals surface area contributed by atoms with Crippen molar-refractivity contribution < 1.29 is 14.3 Å². The van der Waals surface area contributed by atoms with Gasteiger partial charge in [-0.3, -0.25) is 4.79 Å². The Balaban J connectivity index is 1.53. The molecule has 1 aliphatic heterocycles. The zero-order valence-electron chi connectivity index (χ0n) is 16.3. The van der Waals surface area contributed by atoms with Crippen molar-refractivity contribution in [3.8, 4) is 5.75 Å². The molecule has 7 heteroatoms. The minimum absolute atomic E-state index is 0.00837. The molecule has 3 aromatic rings. The third-order valence-corrected chi connectivity index (χ3v) is 7.10. The first kappa shape index (κ1) is 20.2. The number of hydrogen-bond acceptors (Lipinski definition) is 6. The van der Waals surface area contributed by atoms with E-state index < -0.39 is 0 Å². The molecule has 0 spiro atoms. The molecule has 1 amide bonds. The number of carbonyl (C=O) groups is 1. The predicted octanol–water partition coefficient (Wildman–Crippen LogP) is 4.82. The van der Waals surface area contributed by atoms with E-state index in [4.69, 9.17) is 14.5 Å². The van der Waals surface area contributed by atoms with Crippen molar-refractivity contribution in [2.45, 2.75) is 35.5 Å². The Labute approximate surface area is 178 Å². The van der Waals surface area contributed by atoms with E-state index in [0.717, 1.165) is 45.3 Å². The monoisotopic (exact) mass is 428 g/mol. The lowest BCUT2D eigenvalue weighted by Crippen LogP contribution is -2.34. The molecule has 1 saturated heterocycles. The molecule has 4 rings (SSSR count). The number of fused-ring (bicyclic) bond motifs is 1. The van der Waals surface area contributed by atoms with Crippen LogP contribution in [-0.4, -0.2) is 36.8 Å². The van der Waals surface area contributed by atoms with Crippen LogP contribution >= 0.6 is 23.1 Å². The van der Waals surface area contributed by atoms with Gasteiger partial charge in [-0.15, -0.1) is 11.3 Å². The first-order chi connectivity index (χ1) is 14.2. The number of aromatic nitrogens is 1. The topological polar surface area (TPSA) is 60.5 Å². The lowest BCUT2D eigenvalue weighted by Gasteiger charge is -2.17. The Morgan fingerprint density at radius 2 is 2.21 bits per heavy atom. The first-order valence-corrected chi connectivity index (χ1v) is 11.6. The molecule has 0 bridgehead atoms. The van der Waals surface area contributed by atoms with Crippen LogP contribution < -0.4 is 10.1 Å². The summed E-state index contributed by atoms with van der Waals surface area (Å²) in [6.45, 7) is 3.94. The molecule has 2 atom stereocenters. The summed E-state index contributed by atoms with van der Waals surface area (Å²) in [5.74, 6) is 0.833. The summed E-state index contributed by atoms with van der Waals surface area (Å²) in [6, 6.07) is 15.8. The van der Waals surface area contributed by atoms with Crippen molar-refractivity contribution >= 4 is 39.2 Å². The number of rotatable bonds is 8. The summed E-state index contributed by atoms with van der Waals surface area (Å²) < 4.78 is 13.2. The molecule has 152 valence electrons. The average molecular weight is 429 g/mol. The van der Waals surface area contributed by atoms with Crippen molar-refractivity contribution in [2.24, 2.45) is 0 Å². The van der Waals surface area contributed by atoms with Crippen LogP contribution in [0.5, 0.6) is 5.75 Å². The Morgan fingerprint density at radius 1 is 1.34 bits per heavy atom. The highest BCUT2D eigenvalue weighted by Gasteiger charge is 2.25. The second kappa shape index (κ2) is 9.61. The Hall–Kier alpha value is -2.09. The largest absolute Gasteiger partial charge is 0.494 e. The van der Waals surface area contributed by atoms with E-state index in [1.165, 1.54) is 11.8 Å². The number of nitrogens with zero attached hydrogens (tertiary/aromatic N) is 1. The Morgan fingerprint density at radius 3 is 2.97 bits per heavy atom. The third-order valence-electron chi connectivity index (χ3n) is 4.74. The van der Waals surface area contributed by atoms with Gasteiger partial charge in [0.25, 0.3) is 0 Å². The highest BCUT2D eigenvalue weighted by molar-refractivity contribution is 8.02. The quantitative estimate of drug-likeness (QED) is 0.521. The van der Waals surface area contributed by atoms with Crippen LogP contribution in [0.15, 0.2) is 52.9 Å². The van der Waals surface area contributed by atoms with Gasteiger partial charge in [0.1, 0.15) is 11.0 Å². The van der Waals surface area contributed by atoms with Crippen molar-refractivity contribution in [1.82, 2.24) is 10.3 Å². The fraction of sp³-hybridized carbons (Fsp3) is 0.364. The van der Waals surface area contributed by atoms with E-state index >= 15 is 0 Å². The van der Waals surface area contributed by atoms with E-state index in [1.54, 1.807) is 11.3 Å². The van der Waals surface area contributed by atoms with Crippen LogP contribution in [-0.2, 0) is 9.53 Å². The lowest BCUT2D eigenvalue weighted by atomic mass is 10.1. The average Bonchev–Trinajstić information content (AvgIpc) is 3.40. The minimum Gasteiger partial charge on any atom is -0.494 e. The molecule has 5 nitrogen and oxygen atoms in total. The van der Waals surface area contributed by atoms with E-state index in [-0.39, 0.29) is 17.3 Å². The standard InChI is InChI=1S/C22H24N2O3S2/c1-2-26-16-10-11-18-19(13-16)28-22(24-18)29-20(15-7-4-3-5-8-15)21(25)23-14-17-9-6-12-27-17/h3-5,7-8,10-11,13,17,20H,2,6,9,12,14H2,1H3,(H,23,25). The number of benzene rings is 2. The molecule has 2 unspecified atom stereocenters. The van der Waals surface area contributed by atoms with E-state index in [2.05, 4.69) is 5.32 Å². The zero-order chi connectivity index (χ0) is 20.1. The number of amides is 1. The van der Waals surface area contributed by atoms with Gasteiger partial charge in [0.2, 0.25) is 5.91 Å². The van der Waals surface area contributed by atoms with E-state index in [0.29, 0.717) is 13.2 Å². The van der Waals surface area contributed by atoms with Crippen LogP contribution in [0.2, 0.25) is 0 Å². The van der Waals surface area contributed by atoms with Gasteiger partial charge >= 0.3 is 0 Å². The summed E-state index contributed by atoms with van der Waals surface area (Å²) in [7, 11) is 0. The molecule has 2 aromatic carbocycles. The molecule has 1 aliphatic rings. The van der Waals surface area contributed by atoms with Crippen LogP contribution in [0.25, 0.3) is 10.2 Å². The zero-order valence-corrected chi connectivity index (χ0v) is 17.9. The van der Waals surface area contributed by atoms with Gasteiger partial charge in [0.15, 0.2) is 4.34 Å². The molecule has 1 N–H and O–H groups in total. The summed E-state index contributed by atoms with van der Waals surface area (Å²) in [4.78, 5) is 17.7. The molecule has 0 saturated carbocycles. The molecule has 1 fully saturated rings. The van der Waals surface area contributed by atoms with Gasteiger partial charge < -0.3 is 14.8 Å². The summed E-state index contributed by atoms with van der Waals surface area (Å²) >= 11 is 3.08. The van der Waals surface area contributed by atoms with Crippen molar-refractivity contribution in [2.75, 3.05) is 19.8 Å². The van der Waals surface area contributed by atoms with Crippen LogP contribution in [0.3, 0.4) is 0 Å². The maximum atomic E-state index is 13.0. The lowest BCUT2D eigenvalue weighted by molar-refractivity contribution is -0.121. The predicted molar refractivity (Wildman–Crippen MR) is 118 cm³/mol. The molecule has 2 heterocycles. The van der Waals surface area contributed by atoms with Gasteiger partial charge in [-0.25, -0.2) is 4.98 Å². The van der Waals surface area contributed by atoms with Gasteiger partial charge in [-0.2, -0.15) is 0 Å². The third kappa shape index (κ3) is 5.10. The SMILES string of the molecule is CCOc1ccc2nc(SC(C(=O)NCC3CCCO3)c3ccccc3)sc2c1.